The summed E-state index contributed by atoms with van der Waals surface area (Å²) in [4.78, 5) is 25.9. The molecule has 0 radical (unpaired) electrons. The molecule has 1 saturated heterocycles. The molecule has 0 aromatic rings. The first-order valence-electron chi connectivity index (χ1n) is 6.29. The van der Waals surface area contributed by atoms with Gasteiger partial charge in [0.1, 0.15) is 5.60 Å². The molecule has 100 valence electrons. The average molecular weight is 253 g/mol. The van der Waals surface area contributed by atoms with E-state index in [4.69, 9.17) is 9.47 Å². The van der Waals surface area contributed by atoms with Crippen LogP contribution in [0.1, 0.15) is 26.7 Å². The highest BCUT2D eigenvalue weighted by molar-refractivity contribution is 6.05. The van der Waals surface area contributed by atoms with E-state index < -0.39 is 11.6 Å². The number of carbonyl (C=O) groups excluding carboxylic acids is 2. The first-order valence-corrected chi connectivity index (χ1v) is 6.29. The molecule has 0 aliphatic carbocycles. The van der Waals surface area contributed by atoms with Gasteiger partial charge in [-0.2, -0.15) is 0 Å². The first-order chi connectivity index (χ1) is 8.54. The minimum Gasteiger partial charge on any atom is -0.466 e. The van der Waals surface area contributed by atoms with Crippen molar-refractivity contribution in [1.82, 2.24) is 4.90 Å². The maximum Gasteiger partial charge on any atom is 0.338 e. The van der Waals surface area contributed by atoms with Crippen molar-refractivity contribution in [3.63, 3.8) is 0 Å². The van der Waals surface area contributed by atoms with Gasteiger partial charge in [-0.05, 0) is 13.5 Å². The molecule has 0 aromatic carbocycles. The van der Waals surface area contributed by atoms with Gasteiger partial charge in [-0.15, -0.1) is 0 Å². The molecule has 0 saturated carbocycles. The summed E-state index contributed by atoms with van der Waals surface area (Å²) in [6, 6.07) is 0. The number of rotatable bonds is 2. The van der Waals surface area contributed by atoms with Crippen molar-refractivity contribution in [2.45, 2.75) is 32.3 Å². The van der Waals surface area contributed by atoms with Gasteiger partial charge in [-0.1, -0.05) is 6.92 Å². The summed E-state index contributed by atoms with van der Waals surface area (Å²) in [6.07, 6.45) is 1.32. The lowest BCUT2D eigenvalue weighted by atomic mass is 9.83. The summed E-state index contributed by atoms with van der Waals surface area (Å²) in [5, 5.41) is 0. The third-order valence-corrected chi connectivity index (χ3v) is 3.93. The predicted molar refractivity (Wildman–Crippen MR) is 64.9 cm³/mol. The van der Waals surface area contributed by atoms with Crippen molar-refractivity contribution >= 4 is 11.9 Å². The van der Waals surface area contributed by atoms with Crippen molar-refractivity contribution in [3.05, 3.63) is 11.1 Å². The minimum absolute atomic E-state index is 0.389. The highest BCUT2D eigenvalue weighted by atomic mass is 16.6. The summed E-state index contributed by atoms with van der Waals surface area (Å²) >= 11 is 0. The molecule has 1 fully saturated rings. The Hall–Kier alpha value is -1.36. The summed E-state index contributed by atoms with van der Waals surface area (Å²) in [6.45, 7) is 6.37. The monoisotopic (exact) mass is 253 g/mol. The van der Waals surface area contributed by atoms with E-state index in [9.17, 15) is 9.59 Å². The smallest absolute Gasteiger partial charge is 0.338 e. The van der Waals surface area contributed by atoms with Gasteiger partial charge in [0.05, 0.1) is 12.7 Å². The summed E-state index contributed by atoms with van der Waals surface area (Å²) in [5.74, 6) is -0.830. The third-order valence-electron chi connectivity index (χ3n) is 3.93. The van der Waals surface area contributed by atoms with Gasteiger partial charge in [0.15, 0.2) is 0 Å². The third kappa shape index (κ3) is 1.92. The fraction of sp³-hybridized carbons (Fsp3) is 0.692. The number of hydrogen-bond donors (Lipinski definition) is 0. The molecule has 0 amide bonds. The van der Waals surface area contributed by atoms with Crippen LogP contribution in [-0.2, 0) is 19.1 Å². The molecule has 0 unspecified atom stereocenters. The molecule has 2 aliphatic rings. The fourth-order valence-electron chi connectivity index (χ4n) is 2.77. The van der Waals surface area contributed by atoms with Crippen LogP contribution in [0.2, 0.25) is 0 Å². The Morgan fingerprint density at radius 2 is 2.06 bits per heavy atom. The van der Waals surface area contributed by atoms with Crippen LogP contribution in [0.5, 0.6) is 0 Å². The zero-order valence-electron chi connectivity index (χ0n) is 11.1. The first kappa shape index (κ1) is 13.1. The highest BCUT2D eigenvalue weighted by Gasteiger charge is 2.51. The highest BCUT2D eigenvalue weighted by Crippen LogP contribution is 2.41. The lowest BCUT2D eigenvalue weighted by Gasteiger charge is -2.38. The van der Waals surface area contributed by atoms with E-state index in [0.717, 1.165) is 19.6 Å². The van der Waals surface area contributed by atoms with Crippen LogP contribution < -0.4 is 0 Å². The zero-order valence-corrected chi connectivity index (χ0v) is 11.1. The van der Waals surface area contributed by atoms with Crippen LogP contribution in [0.4, 0.5) is 0 Å². The number of likely N-dealkylation sites (tertiary alicyclic amines) is 1. The largest absolute Gasteiger partial charge is 0.466 e. The van der Waals surface area contributed by atoms with Gasteiger partial charge >= 0.3 is 11.9 Å². The summed E-state index contributed by atoms with van der Waals surface area (Å²) in [7, 11) is 1.33. The number of ether oxygens (including phenoxy) is 2. The number of nitrogens with zero attached hydrogens (tertiary/aromatic N) is 1. The Balaban J connectivity index is 2.28. The maximum absolute atomic E-state index is 11.9. The molecular formula is C13H19NO4. The van der Waals surface area contributed by atoms with Crippen molar-refractivity contribution in [3.8, 4) is 0 Å². The maximum atomic E-state index is 11.9. The molecule has 2 rings (SSSR count). The molecule has 0 bridgehead atoms. The Morgan fingerprint density at radius 1 is 1.44 bits per heavy atom. The molecule has 18 heavy (non-hydrogen) atoms. The Bertz CT molecular complexity index is 405. The van der Waals surface area contributed by atoms with Gasteiger partial charge in [-0.25, -0.2) is 9.59 Å². The number of esters is 2. The lowest BCUT2D eigenvalue weighted by molar-refractivity contribution is -0.152. The normalized spacial score (nSPS) is 23.4. The average Bonchev–Trinajstić information content (AvgIpc) is 2.62. The van der Waals surface area contributed by atoms with Crippen LogP contribution in [0.25, 0.3) is 0 Å². The van der Waals surface area contributed by atoms with Gasteiger partial charge in [0, 0.05) is 31.5 Å². The Morgan fingerprint density at radius 3 is 2.56 bits per heavy atom. The van der Waals surface area contributed by atoms with Gasteiger partial charge < -0.3 is 14.4 Å². The molecular weight excluding hydrogens is 234 g/mol. The SMILES string of the molecule is CCN1CCC2(CC1)OC(=O)C(C)=C2C(=O)OC. The number of hydrogen-bond acceptors (Lipinski definition) is 5. The molecule has 5 nitrogen and oxygen atoms in total. The lowest BCUT2D eigenvalue weighted by Crippen LogP contribution is -2.47. The van der Waals surface area contributed by atoms with Crippen molar-refractivity contribution in [1.29, 1.82) is 0 Å². The van der Waals surface area contributed by atoms with Gasteiger partial charge in [0.2, 0.25) is 0 Å². The van der Waals surface area contributed by atoms with Crippen LogP contribution in [-0.4, -0.2) is 49.2 Å². The minimum atomic E-state index is -0.750. The van der Waals surface area contributed by atoms with E-state index in [1.54, 1.807) is 6.92 Å². The Kier molecular flexibility index (Phi) is 3.43. The van der Waals surface area contributed by atoms with Crippen molar-refractivity contribution in [2.75, 3.05) is 26.7 Å². The second-order valence-electron chi connectivity index (χ2n) is 4.81. The van der Waals surface area contributed by atoms with Crippen molar-refractivity contribution in [2.24, 2.45) is 0 Å². The van der Waals surface area contributed by atoms with E-state index in [0.29, 0.717) is 24.0 Å². The fourth-order valence-corrected chi connectivity index (χ4v) is 2.77. The predicted octanol–water partition coefficient (Wildman–Crippen LogP) is 0.887. The van der Waals surface area contributed by atoms with E-state index in [1.165, 1.54) is 7.11 Å². The van der Waals surface area contributed by atoms with E-state index in [1.807, 2.05) is 0 Å². The van der Waals surface area contributed by atoms with Crippen LogP contribution >= 0.6 is 0 Å². The van der Waals surface area contributed by atoms with Crippen molar-refractivity contribution < 1.29 is 19.1 Å². The topological polar surface area (TPSA) is 55.8 Å². The van der Waals surface area contributed by atoms with Gasteiger partial charge in [0.25, 0.3) is 0 Å². The van der Waals surface area contributed by atoms with Crippen LogP contribution in [0.3, 0.4) is 0 Å². The molecule has 2 aliphatic heterocycles. The number of carbonyl (C=O) groups is 2. The number of piperidine rings is 1. The second-order valence-corrected chi connectivity index (χ2v) is 4.81. The van der Waals surface area contributed by atoms with Gasteiger partial charge in [-0.3, -0.25) is 0 Å². The zero-order chi connectivity index (χ0) is 13.3. The second kappa shape index (κ2) is 4.72. The molecule has 0 aromatic heterocycles. The van der Waals surface area contributed by atoms with E-state index in [2.05, 4.69) is 11.8 Å². The standard InChI is InChI=1S/C13H19NO4/c1-4-14-7-5-13(6-8-14)10(12(16)17-3)9(2)11(15)18-13/h4-8H2,1-3H3. The molecule has 0 N–H and O–H groups in total. The van der Waals surface area contributed by atoms with Crippen LogP contribution in [0, 0.1) is 0 Å². The molecule has 2 heterocycles. The Labute approximate surface area is 107 Å². The number of methoxy groups -OCH3 is 1. The van der Waals surface area contributed by atoms with E-state index in [-0.39, 0.29) is 5.97 Å². The van der Waals surface area contributed by atoms with E-state index >= 15 is 0 Å². The molecule has 1 spiro atoms. The summed E-state index contributed by atoms with van der Waals surface area (Å²) < 4.78 is 10.3. The molecule has 0 atom stereocenters. The van der Waals surface area contributed by atoms with Crippen LogP contribution in [0.15, 0.2) is 11.1 Å². The summed E-state index contributed by atoms with van der Waals surface area (Å²) in [5.41, 5.74) is 0.0671. The quantitative estimate of drug-likeness (QED) is 0.684. The molecule has 5 heteroatoms.